The molecule has 3 rings (SSSR count). The topological polar surface area (TPSA) is 73.0 Å². The lowest BCUT2D eigenvalue weighted by molar-refractivity contribution is -0.122. The van der Waals surface area contributed by atoms with Crippen molar-refractivity contribution in [2.45, 2.75) is 11.4 Å². The van der Waals surface area contributed by atoms with Crippen LogP contribution in [-0.4, -0.2) is 70.3 Å². The second-order valence-corrected chi connectivity index (χ2v) is 10.3. The van der Waals surface area contributed by atoms with E-state index in [1.54, 1.807) is 0 Å². The van der Waals surface area contributed by atoms with Crippen molar-refractivity contribution < 1.29 is 13.2 Å². The Morgan fingerprint density at radius 2 is 1.65 bits per heavy atom. The molecule has 1 heterocycles. The molecule has 1 fully saturated rings. The summed E-state index contributed by atoms with van der Waals surface area (Å²) < 4.78 is 27.1. The molecule has 7 nitrogen and oxygen atoms in total. The fourth-order valence-electron chi connectivity index (χ4n) is 3.29. The Kier molecular flexibility index (Phi) is 7.82. The first kappa shape index (κ1) is 23.8. The van der Waals surface area contributed by atoms with Crippen LogP contribution in [0.3, 0.4) is 0 Å². The Bertz CT molecular complexity index is 1020. The first-order valence-electron chi connectivity index (χ1n) is 9.87. The molecule has 1 saturated heterocycles. The fraction of sp³-hybridized carbons (Fsp3) is 0.381. The van der Waals surface area contributed by atoms with Gasteiger partial charge in [-0.05, 0) is 35.9 Å². The van der Waals surface area contributed by atoms with Gasteiger partial charge in [0.25, 0.3) is 0 Å². The van der Waals surface area contributed by atoms with E-state index in [9.17, 15) is 13.2 Å². The lowest BCUT2D eigenvalue weighted by atomic mass is 10.2. The standard InChI is InChI=1S/C21H26Cl2N4O3S/c1-25(2)17-5-3-16(4-6-17)14-24-21(28)15-26-9-11-27(12-10-26)31(29,30)18-7-8-19(22)20(23)13-18/h3-8,13H,9-12,14-15H2,1-2H3,(H,24,28). The Morgan fingerprint density at radius 3 is 2.23 bits per heavy atom. The number of nitrogens with one attached hydrogen (secondary N) is 1. The summed E-state index contributed by atoms with van der Waals surface area (Å²) in [5.41, 5.74) is 2.13. The summed E-state index contributed by atoms with van der Waals surface area (Å²) in [6, 6.07) is 12.3. The average molecular weight is 485 g/mol. The van der Waals surface area contributed by atoms with Crippen LogP contribution in [-0.2, 0) is 21.4 Å². The van der Waals surface area contributed by atoms with Crippen LogP contribution in [0.5, 0.6) is 0 Å². The number of carbonyl (C=O) groups excluding carboxylic acids is 1. The summed E-state index contributed by atoms with van der Waals surface area (Å²) in [4.78, 5) is 16.4. The zero-order chi connectivity index (χ0) is 22.6. The molecule has 0 bridgehead atoms. The van der Waals surface area contributed by atoms with Crippen LogP contribution < -0.4 is 10.2 Å². The van der Waals surface area contributed by atoms with Crippen molar-refractivity contribution in [3.63, 3.8) is 0 Å². The van der Waals surface area contributed by atoms with Gasteiger partial charge in [0, 0.05) is 52.5 Å². The molecule has 0 aliphatic carbocycles. The van der Waals surface area contributed by atoms with Gasteiger partial charge in [-0.3, -0.25) is 9.69 Å². The van der Waals surface area contributed by atoms with E-state index in [1.165, 1.54) is 22.5 Å². The highest BCUT2D eigenvalue weighted by Crippen LogP contribution is 2.27. The smallest absolute Gasteiger partial charge is 0.243 e. The molecule has 2 aromatic carbocycles. The van der Waals surface area contributed by atoms with Gasteiger partial charge in [0.05, 0.1) is 21.5 Å². The highest BCUT2D eigenvalue weighted by Gasteiger charge is 2.29. The van der Waals surface area contributed by atoms with Crippen LogP contribution >= 0.6 is 23.2 Å². The summed E-state index contributed by atoms with van der Waals surface area (Å²) in [7, 11) is 0.307. The predicted molar refractivity (Wildman–Crippen MR) is 124 cm³/mol. The third kappa shape index (κ3) is 6.11. The highest BCUT2D eigenvalue weighted by molar-refractivity contribution is 7.89. The molecule has 1 N–H and O–H groups in total. The van der Waals surface area contributed by atoms with Crippen molar-refractivity contribution in [2.75, 3.05) is 51.7 Å². The Hall–Kier alpha value is -1.84. The second kappa shape index (κ2) is 10.2. The van der Waals surface area contributed by atoms with Crippen molar-refractivity contribution in [1.29, 1.82) is 0 Å². The molecule has 0 unspecified atom stereocenters. The van der Waals surface area contributed by atoms with Crippen molar-refractivity contribution in [3.05, 3.63) is 58.1 Å². The summed E-state index contributed by atoms with van der Waals surface area (Å²) in [6.45, 7) is 2.26. The van der Waals surface area contributed by atoms with Crippen molar-refractivity contribution >= 4 is 44.8 Å². The van der Waals surface area contributed by atoms with E-state index in [4.69, 9.17) is 23.2 Å². The van der Waals surface area contributed by atoms with E-state index < -0.39 is 10.0 Å². The van der Waals surface area contributed by atoms with Gasteiger partial charge in [0.1, 0.15) is 0 Å². The van der Waals surface area contributed by atoms with Gasteiger partial charge in [-0.15, -0.1) is 0 Å². The van der Waals surface area contributed by atoms with Crippen molar-refractivity contribution in [3.8, 4) is 0 Å². The van der Waals surface area contributed by atoms with E-state index in [0.29, 0.717) is 37.7 Å². The third-order valence-electron chi connectivity index (χ3n) is 5.17. The second-order valence-electron chi connectivity index (χ2n) is 7.59. The van der Waals surface area contributed by atoms with Crippen LogP contribution in [0.1, 0.15) is 5.56 Å². The number of hydrogen-bond donors (Lipinski definition) is 1. The minimum absolute atomic E-state index is 0.0857. The number of piperazine rings is 1. The number of halogens is 2. The van der Waals surface area contributed by atoms with Crippen LogP contribution in [0.4, 0.5) is 5.69 Å². The molecule has 0 saturated carbocycles. The van der Waals surface area contributed by atoms with Gasteiger partial charge in [0.2, 0.25) is 15.9 Å². The first-order chi connectivity index (χ1) is 14.7. The minimum Gasteiger partial charge on any atom is -0.378 e. The largest absolute Gasteiger partial charge is 0.378 e. The molecule has 1 aliphatic rings. The van der Waals surface area contributed by atoms with E-state index in [1.807, 2.05) is 48.2 Å². The molecule has 31 heavy (non-hydrogen) atoms. The molecule has 10 heteroatoms. The highest BCUT2D eigenvalue weighted by atomic mass is 35.5. The summed E-state index contributed by atoms with van der Waals surface area (Å²) in [6.07, 6.45) is 0. The molecule has 1 amide bonds. The molecular weight excluding hydrogens is 459 g/mol. The maximum atomic E-state index is 12.8. The molecule has 0 atom stereocenters. The minimum atomic E-state index is -3.65. The number of anilines is 1. The summed E-state index contributed by atoms with van der Waals surface area (Å²) >= 11 is 11.8. The number of benzene rings is 2. The number of rotatable bonds is 7. The van der Waals surface area contributed by atoms with E-state index in [2.05, 4.69) is 5.32 Å². The molecule has 2 aromatic rings. The maximum absolute atomic E-state index is 12.8. The van der Waals surface area contributed by atoms with Crippen LogP contribution in [0.25, 0.3) is 0 Å². The molecule has 168 valence electrons. The molecule has 0 spiro atoms. The first-order valence-corrected chi connectivity index (χ1v) is 12.1. The van der Waals surface area contributed by atoms with Crippen molar-refractivity contribution in [1.82, 2.24) is 14.5 Å². The normalized spacial score (nSPS) is 15.6. The van der Waals surface area contributed by atoms with E-state index in [0.717, 1.165) is 11.3 Å². The van der Waals surface area contributed by atoms with Crippen LogP contribution in [0.15, 0.2) is 47.4 Å². The van der Waals surface area contributed by atoms with Gasteiger partial charge in [-0.1, -0.05) is 35.3 Å². The number of hydrogen-bond acceptors (Lipinski definition) is 5. The predicted octanol–water partition coefficient (Wildman–Crippen LogP) is 2.68. The fourth-order valence-corrected chi connectivity index (χ4v) is 5.10. The third-order valence-corrected chi connectivity index (χ3v) is 7.80. The number of amides is 1. The number of carbonyl (C=O) groups is 1. The zero-order valence-electron chi connectivity index (χ0n) is 17.5. The van der Waals surface area contributed by atoms with E-state index in [-0.39, 0.29) is 22.4 Å². The monoisotopic (exact) mass is 484 g/mol. The number of nitrogens with zero attached hydrogens (tertiary/aromatic N) is 3. The molecular formula is C21H26Cl2N4O3S. The van der Waals surface area contributed by atoms with Gasteiger partial charge in [-0.2, -0.15) is 4.31 Å². The zero-order valence-corrected chi connectivity index (χ0v) is 19.8. The molecule has 0 aromatic heterocycles. The van der Waals surface area contributed by atoms with Crippen LogP contribution in [0, 0.1) is 0 Å². The lowest BCUT2D eigenvalue weighted by Gasteiger charge is -2.33. The number of sulfonamides is 1. The van der Waals surface area contributed by atoms with Gasteiger partial charge < -0.3 is 10.2 Å². The molecule has 1 aliphatic heterocycles. The van der Waals surface area contributed by atoms with Gasteiger partial charge in [-0.25, -0.2) is 8.42 Å². The summed E-state index contributed by atoms with van der Waals surface area (Å²) in [5.74, 6) is -0.0857. The summed E-state index contributed by atoms with van der Waals surface area (Å²) in [5, 5.41) is 3.43. The Labute approximate surface area is 193 Å². The maximum Gasteiger partial charge on any atom is 0.243 e. The SMILES string of the molecule is CN(C)c1ccc(CNC(=O)CN2CCN(S(=O)(=O)c3ccc(Cl)c(Cl)c3)CC2)cc1. The van der Waals surface area contributed by atoms with Crippen molar-refractivity contribution in [2.24, 2.45) is 0 Å². The Balaban J connectivity index is 1.48. The molecule has 0 radical (unpaired) electrons. The average Bonchev–Trinajstić information content (AvgIpc) is 2.75. The van der Waals surface area contributed by atoms with Gasteiger partial charge in [0.15, 0.2) is 0 Å². The Morgan fingerprint density at radius 1 is 1.00 bits per heavy atom. The van der Waals surface area contributed by atoms with E-state index >= 15 is 0 Å². The van der Waals surface area contributed by atoms with Crippen LogP contribution in [0.2, 0.25) is 10.0 Å². The van der Waals surface area contributed by atoms with Gasteiger partial charge >= 0.3 is 0 Å². The lowest BCUT2D eigenvalue weighted by Crippen LogP contribution is -2.50. The quantitative estimate of drug-likeness (QED) is 0.653.